The average molecular weight is 1340 g/mol. The molecular weight excluding hydrogens is 1210 g/mol. The largest absolute Gasteiger partial charge is 0.472 e. The first-order valence-corrected chi connectivity index (χ1v) is 38.5. The maximum Gasteiger partial charge on any atom is 0.472 e. The van der Waals surface area contributed by atoms with Gasteiger partial charge in [-0.15, -0.1) is 0 Å². The van der Waals surface area contributed by atoms with Crippen LogP contribution in [-0.2, 0) is 65.4 Å². The van der Waals surface area contributed by atoms with E-state index < -0.39 is 97.5 Å². The van der Waals surface area contributed by atoms with Gasteiger partial charge in [0.2, 0.25) is 0 Å². The molecule has 0 fully saturated rings. The van der Waals surface area contributed by atoms with Crippen LogP contribution >= 0.6 is 15.6 Å². The number of hydrogen-bond donors (Lipinski definition) is 3. The summed E-state index contributed by atoms with van der Waals surface area (Å²) in [7, 11) is -9.95. The SMILES string of the molecule is CC/C=C\C/C=C\C/C=C\CCCCCCCC(=O)OCC(COP(=O)(O)OCC(O)COP(=O)(O)OCC(COC(=O)CCCCCCC/C=C\CCCC)OC(=O)CCCCCCC/C=C\CCCC)OC(=O)CCCCCCC/C=C\C/C=C\C/C=C\CC. The van der Waals surface area contributed by atoms with Gasteiger partial charge in [-0.2, -0.15) is 0 Å². The standard InChI is InChI=1S/C73H126O17P2/c1-5-9-13-17-21-25-29-31-33-35-39-42-46-50-54-58-71(76)84-64-69(90-73(78)60-56-52-48-44-40-36-34-32-30-26-22-18-14-10-6-2)66-88-92(81,82)86-62-67(74)61-85-91(79,80)87-65-68(89-72(77)59-55-51-47-43-38-28-24-20-16-12-8-4)63-83-70(75)57-53-49-45-41-37-27-23-19-15-11-7-3/h9-10,13-14,19-26,31-34,67-69,74H,5-8,11-12,15-18,27-30,35-66H2,1-4H3,(H,79,80)(H,81,82)/b13-9-,14-10-,23-19-,24-20-,25-21-,26-22-,33-31-,34-32-. The summed E-state index contributed by atoms with van der Waals surface area (Å²) in [5.74, 6) is -2.23. The first-order chi connectivity index (χ1) is 44.7. The summed E-state index contributed by atoms with van der Waals surface area (Å²) in [6.07, 6.45) is 65.7. The van der Waals surface area contributed by atoms with Gasteiger partial charge in [-0.05, 0) is 128 Å². The van der Waals surface area contributed by atoms with E-state index in [4.69, 9.17) is 37.0 Å². The van der Waals surface area contributed by atoms with Crippen LogP contribution in [0.15, 0.2) is 97.2 Å². The van der Waals surface area contributed by atoms with Gasteiger partial charge in [-0.3, -0.25) is 37.3 Å². The fourth-order valence-electron chi connectivity index (χ4n) is 9.09. The molecule has 0 spiro atoms. The lowest BCUT2D eigenvalue weighted by Crippen LogP contribution is -2.30. The number of ether oxygens (including phenoxy) is 4. The lowest BCUT2D eigenvalue weighted by molar-refractivity contribution is -0.161. The molecule has 0 bridgehead atoms. The van der Waals surface area contributed by atoms with E-state index in [-0.39, 0.29) is 25.7 Å². The van der Waals surface area contributed by atoms with Gasteiger partial charge in [-0.25, -0.2) is 9.13 Å². The third-order valence-corrected chi connectivity index (χ3v) is 16.4. The molecule has 0 aliphatic heterocycles. The van der Waals surface area contributed by atoms with E-state index in [1.54, 1.807) is 0 Å². The second-order valence-electron chi connectivity index (χ2n) is 23.4. The second-order valence-corrected chi connectivity index (χ2v) is 26.3. The Morgan fingerprint density at radius 1 is 0.315 bits per heavy atom. The fraction of sp³-hybridized carbons (Fsp3) is 0.726. The van der Waals surface area contributed by atoms with Crippen molar-refractivity contribution in [1.29, 1.82) is 0 Å². The van der Waals surface area contributed by atoms with Crippen LogP contribution in [0.4, 0.5) is 0 Å². The van der Waals surface area contributed by atoms with Crippen LogP contribution < -0.4 is 0 Å². The number of rotatable bonds is 66. The molecule has 5 unspecified atom stereocenters. The van der Waals surface area contributed by atoms with Crippen molar-refractivity contribution in [2.45, 2.75) is 303 Å². The molecule has 0 aliphatic carbocycles. The Morgan fingerprint density at radius 2 is 0.565 bits per heavy atom. The number of carbonyl (C=O) groups excluding carboxylic acids is 4. The van der Waals surface area contributed by atoms with Gasteiger partial charge < -0.3 is 33.8 Å². The minimum Gasteiger partial charge on any atom is -0.462 e. The van der Waals surface area contributed by atoms with Crippen LogP contribution in [0.1, 0.15) is 285 Å². The molecule has 17 nitrogen and oxygen atoms in total. The minimum atomic E-state index is -4.98. The maximum atomic E-state index is 13.0. The summed E-state index contributed by atoms with van der Waals surface area (Å²) in [4.78, 5) is 72.5. The van der Waals surface area contributed by atoms with Crippen molar-refractivity contribution in [3.8, 4) is 0 Å². The topological polar surface area (TPSA) is 237 Å². The monoisotopic (exact) mass is 1340 g/mol. The molecule has 530 valence electrons. The number of esters is 4. The Hall–Kier alpha value is -4.02. The highest BCUT2D eigenvalue weighted by Gasteiger charge is 2.30. The summed E-state index contributed by atoms with van der Waals surface area (Å²) in [6.45, 7) is 4.50. The summed E-state index contributed by atoms with van der Waals surface area (Å²) >= 11 is 0. The van der Waals surface area contributed by atoms with Crippen molar-refractivity contribution in [2.24, 2.45) is 0 Å². The van der Waals surface area contributed by atoms with Gasteiger partial charge in [-0.1, -0.05) is 228 Å². The smallest absolute Gasteiger partial charge is 0.462 e. The molecule has 0 aromatic rings. The highest BCUT2D eigenvalue weighted by molar-refractivity contribution is 7.47. The first kappa shape index (κ1) is 88.0. The molecule has 0 radical (unpaired) electrons. The molecule has 0 amide bonds. The van der Waals surface area contributed by atoms with Gasteiger partial charge in [0.25, 0.3) is 0 Å². The van der Waals surface area contributed by atoms with Gasteiger partial charge in [0.1, 0.15) is 19.3 Å². The number of unbranched alkanes of at least 4 members (excludes halogenated alkanes) is 24. The van der Waals surface area contributed by atoms with Crippen LogP contribution in [0.2, 0.25) is 0 Å². The van der Waals surface area contributed by atoms with E-state index in [9.17, 15) is 43.2 Å². The Balaban J connectivity index is 5.35. The van der Waals surface area contributed by atoms with Crippen LogP contribution in [-0.4, -0.2) is 96.7 Å². The Labute approximate surface area is 557 Å². The fourth-order valence-corrected chi connectivity index (χ4v) is 10.7. The highest BCUT2D eigenvalue weighted by Crippen LogP contribution is 2.45. The van der Waals surface area contributed by atoms with E-state index in [1.807, 2.05) is 0 Å². The Kier molecular flexibility index (Phi) is 62.8. The summed E-state index contributed by atoms with van der Waals surface area (Å²) < 4.78 is 68.2. The molecule has 0 aromatic heterocycles. The van der Waals surface area contributed by atoms with Crippen LogP contribution in [0.5, 0.6) is 0 Å². The third-order valence-electron chi connectivity index (χ3n) is 14.5. The van der Waals surface area contributed by atoms with Crippen molar-refractivity contribution in [3.05, 3.63) is 97.2 Å². The molecule has 0 heterocycles. The van der Waals surface area contributed by atoms with Gasteiger partial charge in [0.15, 0.2) is 12.2 Å². The molecule has 0 rings (SSSR count). The van der Waals surface area contributed by atoms with E-state index in [2.05, 4.69) is 125 Å². The van der Waals surface area contributed by atoms with E-state index >= 15 is 0 Å². The lowest BCUT2D eigenvalue weighted by atomic mass is 10.1. The zero-order valence-corrected chi connectivity index (χ0v) is 59.2. The zero-order valence-electron chi connectivity index (χ0n) is 57.4. The number of aliphatic hydroxyl groups is 1. The van der Waals surface area contributed by atoms with Crippen LogP contribution in [0.25, 0.3) is 0 Å². The van der Waals surface area contributed by atoms with Gasteiger partial charge in [0.05, 0.1) is 26.4 Å². The number of allylic oxidation sites excluding steroid dienone is 16. The first-order valence-electron chi connectivity index (χ1n) is 35.5. The molecule has 0 aliphatic rings. The predicted octanol–water partition coefficient (Wildman–Crippen LogP) is 19.7. The van der Waals surface area contributed by atoms with E-state index in [0.717, 1.165) is 180 Å². The van der Waals surface area contributed by atoms with E-state index in [0.29, 0.717) is 25.7 Å². The summed E-state index contributed by atoms with van der Waals surface area (Å²) in [5, 5.41) is 10.6. The van der Waals surface area contributed by atoms with Crippen LogP contribution in [0.3, 0.4) is 0 Å². The number of carbonyl (C=O) groups is 4. The zero-order chi connectivity index (χ0) is 67.5. The molecule has 3 N–H and O–H groups in total. The minimum absolute atomic E-state index is 0.0707. The van der Waals surface area contributed by atoms with Crippen molar-refractivity contribution in [3.63, 3.8) is 0 Å². The quantitative estimate of drug-likeness (QED) is 0.0169. The number of hydrogen-bond acceptors (Lipinski definition) is 15. The van der Waals surface area contributed by atoms with Crippen molar-refractivity contribution >= 4 is 39.5 Å². The molecule has 0 saturated carbocycles. The van der Waals surface area contributed by atoms with Crippen molar-refractivity contribution < 1.29 is 80.2 Å². The second kappa shape index (κ2) is 65.6. The Bertz CT molecular complexity index is 2130. The average Bonchev–Trinajstić information content (AvgIpc) is 2.93. The van der Waals surface area contributed by atoms with E-state index in [1.165, 1.54) is 25.7 Å². The number of aliphatic hydroxyl groups excluding tert-OH is 1. The van der Waals surface area contributed by atoms with Crippen molar-refractivity contribution in [2.75, 3.05) is 39.6 Å². The summed E-state index contributed by atoms with van der Waals surface area (Å²) in [6, 6.07) is 0. The maximum absolute atomic E-state index is 13.0. The predicted molar refractivity (Wildman–Crippen MR) is 372 cm³/mol. The number of phosphoric acid groups is 2. The highest BCUT2D eigenvalue weighted by atomic mass is 31.2. The summed E-state index contributed by atoms with van der Waals surface area (Å²) in [5.41, 5.74) is 0. The molecule has 0 saturated heterocycles. The molecule has 0 aromatic carbocycles. The molecule has 19 heteroatoms. The van der Waals surface area contributed by atoms with Crippen LogP contribution in [0, 0.1) is 0 Å². The normalized spacial score (nSPS) is 14.6. The Morgan fingerprint density at radius 3 is 0.880 bits per heavy atom. The molecule has 92 heavy (non-hydrogen) atoms. The van der Waals surface area contributed by atoms with Gasteiger partial charge in [0, 0.05) is 25.7 Å². The van der Waals surface area contributed by atoms with Crippen molar-refractivity contribution in [1.82, 2.24) is 0 Å². The molecule has 5 atom stereocenters. The lowest BCUT2D eigenvalue weighted by Gasteiger charge is -2.21. The third kappa shape index (κ3) is 64.7. The molecular formula is C73H126O17P2. The number of phosphoric ester groups is 2. The van der Waals surface area contributed by atoms with Gasteiger partial charge >= 0.3 is 39.5 Å².